The van der Waals surface area contributed by atoms with Crippen LogP contribution in [0.25, 0.3) is 22.4 Å². The van der Waals surface area contributed by atoms with Crippen molar-refractivity contribution >= 4 is 28.5 Å². The van der Waals surface area contributed by atoms with E-state index in [-0.39, 0.29) is 12.5 Å². The van der Waals surface area contributed by atoms with Crippen LogP contribution in [0, 0.1) is 0 Å². The molecule has 0 saturated heterocycles. The van der Waals surface area contributed by atoms with Crippen molar-refractivity contribution in [2.75, 3.05) is 20.3 Å². The van der Waals surface area contributed by atoms with Crippen molar-refractivity contribution in [3.8, 4) is 11.4 Å². The van der Waals surface area contributed by atoms with E-state index in [0.717, 1.165) is 28.8 Å². The van der Waals surface area contributed by atoms with Crippen LogP contribution in [0.4, 0.5) is 0 Å². The first-order valence-electron chi connectivity index (χ1n) is 8.16. The number of benzene rings is 2. The second kappa shape index (κ2) is 8.14. The molecule has 3 aromatic rings. The van der Waals surface area contributed by atoms with Crippen LogP contribution in [0.2, 0.25) is 5.02 Å². The van der Waals surface area contributed by atoms with Gasteiger partial charge in [-0.3, -0.25) is 4.79 Å². The highest BCUT2D eigenvalue weighted by molar-refractivity contribution is 6.30. The van der Waals surface area contributed by atoms with Gasteiger partial charge in [0.1, 0.15) is 12.4 Å². The van der Waals surface area contributed by atoms with Gasteiger partial charge in [-0.15, -0.1) is 0 Å². The van der Waals surface area contributed by atoms with Crippen LogP contribution >= 0.6 is 11.6 Å². The molecule has 0 aliphatic rings. The fraction of sp³-hybridized carbons (Fsp3) is 0.263. The Morgan fingerprint density at radius 2 is 1.96 bits per heavy atom. The fourth-order valence-corrected chi connectivity index (χ4v) is 2.82. The van der Waals surface area contributed by atoms with E-state index in [1.807, 2.05) is 53.1 Å². The Morgan fingerprint density at radius 1 is 1.20 bits per heavy atom. The summed E-state index contributed by atoms with van der Waals surface area (Å²) < 4.78 is 6.93. The summed E-state index contributed by atoms with van der Waals surface area (Å²) in [7, 11) is 1.65. The maximum absolute atomic E-state index is 12.3. The summed E-state index contributed by atoms with van der Waals surface area (Å²) in [6.45, 7) is 1.44. The minimum absolute atomic E-state index is 0.0468. The van der Waals surface area contributed by atoms with Crippen molar-refractivity contribution in [1.82, 2.24) is 14.9 Å². The Bertz CT molecular complexity index is 859. The van der Waals surface area contributed by atoms with Gasteiger partial charge in [-0.2, -0.15) is 0 Å². The predicted octanol–water partition coefficient (Wildman–Crippen LogP) is 3.51. The van der Waals surface area contributed by atoms with E-state index in [1.54, 1.807) is 7.11 Å². The number of aromatic nitrogens is 2. The molecule has 1 N–H and O–H groups in total. The largest absolute Gasteiger partial charge is 0.385 e. The molecule has 1 heterocycles. The Balaban J connectivity index is 1.88. The molecule has 0 bridgehead atoms. The van der Waals surface area contributed by atoms with Crippen molar-refractivity contribution in [3.63, 3.8) is 0 Å². The predicted molar refractivity (Wildman–Crippen MR) is 99.7 cm³/mol. The number of hydrogen-bond acceptors (Lipinski definition) is 3. The van der Waals surface area contributed by atoms with Gasteiger partial charge in [0.2, 0.25) is 5.91 Å². The van der Waals surface area contributed by atoms with Crippen molar-refractivity contribution < 1.29 is 9.53 Å². The van der Waals surface area contributed by atoms with Crippen LogP contribution in [-0.2, 0) is 16.1 Å². The third kappa shape index (κ3) is 4.18. The van der Waals surface area contributed by atoms with Gasteiger partial charge in [-0.05, 0) is 42.8 Å². The first kappa shape index (κ1) is 17.5. The molecule has 5 nitrogen and oxygen atoms in total. The number of amides is 1. The fourth-order valence-electron chi connectivity index (χ4n) is 2.70. The number of halogens is 1. The zero-order valence-corrected chi connectivity index (χ0v) is 14.8. The summed E-state index contributed by atoms with van der Waals surface area (Å²) in [6.07, 6.45) is 0.789. The number of para-hydroxylation sites is 2. The van der Waals surface area contributed by atoms with Crippen molar-refractivity contribution in [1.29, 1.82) is 0 Å². The number of imidazole rings is 1. The summed E-state index contributed by atoms with van der Waals surface area (Å²) in [5, 5.41) is 3.59. The SMILES string of the molecule is COCCCNC(=O)Cn1c(-c2ccc(Cl)cc2)nc2ccccc21. The zero-order chi connectivity index (χ0) is 17.6. The molecule has 0 saturated carbocycles. The maximum atomic E-state index is 12.3. The Labute approximate surface area is 151 Å². The standard InChI is InChI=1S/C19H20ClN3O2/c1-25-12-4-11-21-18(24)13-23-17-6-3-2-5-16(17)22-19(23)14-7-9-15(20)10-8-14/h2-3,5-10H,4,11-13H2,1H3,(H,21,24). The second-order valence-corrected chi connectivity index (χ2v) is 6.15. The molecule has 1 amide bonds. The van der Waals surface area contributed by atoms with Crippen molar-refractivity contribution in [2.24, 2.45) is 0 Å². The normalized spacial score (nSPS) is 11.0. The molecule has 1 aromatic heterocycles. The second-order valence-electron chi connectivity index (χ2n) is 5.71. The van der Waals surface area contributed by atoms with E-state index in [9.17, 15) is 4.79 Å². The minimum Gasteiger partial charge on any atom is -0.385 e. The van der Waals surface area contributed by atoms with Gasteiger partial charge in [0.05, 0.1) is 11.0 Å². The maximum Gasteiger partial charge on any atom is 0.240 e. The number of fused-ring (bicyclic) bond motifs is 1. The summed E-state index contributed by atoms with van der Waals surface area (Å²) in [5.41, 5.74) is 2.71. The first-order valence-corrected chi connectivity index (χ1v) is 8.53. The van der Waals surface area contributed by atoms with Crippen LogP contribution in [-0.4, -0.2) is 35.7 Å². The van der Waals surface area contributed by atoms with E-state index < -0.39 is 0 Å². The Morgan fingerprint density at radius 3 is 2.72 bits per heavy atom. The number of hydrogen-bond donors (Lipinski definition) is 1. The molecule has 130 valence electrons. The Kier molecular flexibility index (Phi) is 5.68. The van der Waals surface area contributed by atoms with Crippen LogP contribution in [0.1, 0.15) is 6.42 Å². The van der Waals surface area contributed by atoms with Gasteiger partial charge in [0, 0.05) is 30.8 Å². The lowest BCUT2D eigenvalue weighted by Crippen LogP contribution is -2.29. The average molecular weight is 358 g/mol. The van der Waals surface area contributed by atoms with Crippen LogP contribution in [0.15, 0.2) is 48.5 Å². The third-order valence-corrected chi connectivity index (χ3v) is 4.16. The number of nitrogens with one attached hydrogen (secondary N) is 1. The lowest BCUT2D eigenvalue weighted by atomic mass is 10.2. The molecule has 0 aliphatic carbocycles. The molecule has 2 aromatic carbocycles. The number of rotatable bonds is 7. The summed E-state index contributed by atoms with van der Waals surface area (Å²) in [6, 6.07) is 15.3. The highest BCUT2D eigenvalue weighted by atomic mass is 35.5. The third-order valence-electron chi connectivity index (χ3n) is 3.91. The summed E-state index contributed by atoms with van der Waals surface area (Å²) in [4.78, 5) is 17.0. The molecule has 25 heavy (non-hydrogen) atoms. The van der Waals surface area contributed by atoms with Gasteiger partial charge < -0.3 is 14.6 Å². The van der Waals surface area contributed by atoms with Gasteiger partial charge >= 0.3 is 0 Å². The van der Waals surface area contributed by atoms with Crippen LogP contribution in [0.5, 0.6) is 0 Å². The molecular weight excluding hydrogens is 338 g/mol. The van der Waals surface area contributed by atoms with Crippen LogP contribution in [0.3, 0.4) is 0 Å². The van der Waals surface area contributed by atoms with E-state index in [4.69, 9.17) is 21.3 Å². The number of carbonyl (C=O) groups is 1. The number of methoxy groups -OCH3 is 1. The summed E-state index contributed by atoms with van der Waals surface area (Å²) in [5.74, 6) is 0.708. The molecule has 0 fully saturated rings. The van der Waals surface area contributed by atoms with E-state index in [1.165, 1.54) is 0 Å². The average Bonchev–Trinajstić information content (AvgIpc) is 2.98. The molecule has 0 spiro atoms. The zero-order valence-electron chi connectivity index (χ0n) is 14.0. The lowest BCUT2D eigenvalue weighted by Gasteiger charge is -2.10. The van der Waals surface area contributed by atoms with Gasteiger partial charge in [0.15, 0.2) is 0 Å². The van der Waals surface area contributed by atoms with Crippen LogP contribution < -0.4 is 5.32 Å². The minimum atomic E-state index is -0.0468. The molecule has 0 aliphatic heterocycles. The van der Waals surface area contributed by atoms with Gasteiger partial charge in [-0.1, -0.05) is 23.7 Å². The van der Waals surface area contributed by atoms with E-state index in [2.05, 4.69) is 5.32 Å². The van der Waals surface area contributed by atoms with Gasteiger partial charge in [-0.25, -0.2) is 4.98 Å². The first-order chi connectivity index (χ1) is 12.2. The molecular formula is C19H20ClN3O2. The highest BCUT2D eigenvalue weighted by Gasteiger charge is 2.14. The highest BCUT2D eigenvalue weighted by Crippen LogP contribution is 2.25. The number of carbonyl (C=O) groups excluding carboxylic acids is 1. The van der Waals surface area contributed by atoms with E-state index >= 15 is 0 Å². The van der Waals surface area contributed by atoms with Crippen molar-refractivity contribution in [3.05, 3.63) is 53.6 Å². The molecule has 0 atom stereocenters. The molecule has 3 rings (SSSR count). The van der Waals surface area contributed by atoms with Gasteiger partial charge in [0.25, 0.3) is 0 Å². The monoisotopic (exact) mass is 357 g/mol. The van der Waals surface area contributed by atoms with Crippen molar-refractivity contribution in [2.45, 2.75) is 13.0 Å². The molecule has 0 radical (unpaired) electrons. The number of nitrogens with zero attached hydrogens (tertiary/aromatic N) is 2. The molecule has 6 heteroatoms. The smallest absolute Gasteiger partial charge is 0.240 e. The van der Waals surface area contributed by atoms with E-state index in [0.29, 0.717) is 18.2 Å². The molecule has 0 unspecified atom stereocenters. The summed E-state index contributed by atoms with van der Waals surface area (Å²) >= 11 is 5.98. The number of ether oxygens (including phenoxy) is 1. The Hall–Kier alpha value is -2.37. The topological polar surface area (TPSA) is 56.1 Å². The quantitative estimate of drug-likeness (QED) is 0.658. The lowest BCUT2D eigenvalue weighted by molar-refractivity contribution is -0.121.